The first-order chi connectivity index (χ1) is 12.2. The molecule has 2 atom stereocenters. The molecule has 1 amide bonds. The molecule has 25 heavy (non-hydrogen) atoms. The molecule has 0 radical (unpaired) electrons. The number of nitrogens with one attached hydrogen (secondary N) is 1. The third-order valence-corrected chi connectivity index (χ3v) is 5.06. The van der Waals surface area contributed by atoms with E-state index in [1.54, 1.807) is 6.20 Å². The lowest BCUT2D eigenvalue weighted by Gasteiger charge is -2.37. The Hall–Kier alpha value is -2.20. The number of carbonyl (C=O) groups is 1. The summed E-state index contributed by atoms with van der Waals surface area (Å²) in [6.07, 6.45) is 4.20. The maximum Gasteiger partial charge on any atom is 0.223 e. The van der Waals surface area contributed by atoms with Crippen molar-refractivity contribution in [3.63, 3.8) is 0 Å². The molecule has 2 heterocycles. The molecular formula is C21H27N3O. The van der Waals surface area contributed by atoms with Gasteiger partial charge in [-0.15, -0.1) is 0 Å². The minimum absolute atomic E-state index is 0.0681. The molecule has 2 unspecified atom stereocenters. The van der Waals surface area contributed by atoms with Crippen LogP contribution in [0.1, 0.15) is 43.4 Å². The molecule has 1 saturated heterocycles. The highest BCUT2D eigenvalue weighted by Crippen LogP contribution is 2.30. The zero-order valence-corrected chi connectivity index (χ0v) is 15.1. The number of pyridine rings is 1. The minimum Gasteiger partial charge on any atom is -0.333 e. The summed E-state index contributed by atoms with van der Waals surface area (Å²) in [5.74, 6) is 0.905. The Kier molecular flexibility index (Phi) is 5.82. The van der Waals surface area contributed by atoms with Crippen LogP contribution in [0.3, 0.4) is 0 Å². The Morgan fingerprint density at radius 2 is 2.04 bits per heavy atom. The van der Waals surface area contributed by atoms with Crippen LogP contribution in [0.5, 0.6) is 0 Å². The fourth-order valence-corrected chi connectivity index (χ4v) is 3.62. The quantitative estimate of drug-likeness (QED) is 0.910. The molecule has 3 rings (SSSR count). The molecule has 1 aliphatic rings. The SMILES string of the molecule is CC(C)C(CC(=O)N1CCNCC1c1cccnc1)c1ccccc1. The van der Waals surface area contributed by atoms with Gasteiger partial charge in [-0.3, -0.25) is 9.78 Å². The van der Waals surface area contributed by atoms with Crippen molar-refractivity contribution in [1.82, 2.24) is 15.2 Å². The molecule has 1 N–H and O–H groups in total. The van der Waals surface area contributed by atoms with Gasteiger partial charge >= 0.3 is 0 Å². The summed E-state index contributed by atoms with van der Waals surface area (Å²) in [5, 5.41) is 3.40. The fourth-order valence-electron chi connectivity index (χ4n) is 3.62. The van der Waals surface area contributed by atoms with Crippen LogP contribution in [0.15, 0.2) is 54.9 Å². The van der Waals surface area contributed by atoms with E-state index in [0.29, 0.717) is 12.3 Å². The van der Waals surface area contributed by atoms with E-state index < -0.39 is 0 Å². The van der Waals surface area contributed by atoms with Crippen LogP contribution >= 0.6 is 0 Å². The lowest BCUT2D eigenvalue weighted by atomic mass is 9.85. The zero-order chi connectivity index (χ0) is 17.6. The maximum atomic E-state index is 13.1. The van der Waals surface area contributed by atoms with E-state index in [0.717, 1.165) is 25.2 Å². The predicted molar refractivity (Wildman–Crippen MR) is 100 cm³/mol. The Balaban J connectivity index is 1.78. The molecule has 0 bridgehead atoms. The maximum absolute atomic E-state index is 13.1. The average Bonchev–Trinajstić information content (AvgIpc) is 2.67. The number of amides is 1. The largest absolute Gasteiger partial charge is 0.333 e. The molecule has 1 aromatic carbocycles. The monoisotopic (exact) mass is 337 g/mol. The first-order valence-electron chi connectivity index (χ1n) is 9.12. The standard InChI is InChI=1S/C21H27N3O/c1-16(2)19(17-7-4-3-5-8-17)13-21(25)24-12-11-23-15-20(24)18-9-6-10-22-14-18/h3-10,14,16,19-20,23H,11-13,15H2,1-2H3. The van der Waals surface area contributed by atoms with Crippen LogP contribution < -0.4 is 5.32 Å². The smallest absolute Gasteiger partial charge is 0.223 e. The van der Waals surface area contributed by atoms with E-state index in [-0.39, 0.29) is 17.9 Å². The highest BCUT2D eigenvalue weighted by atomic mass is 16.2. The van der Waals surface area contributed by atoms with Gasteiger partial charge in [0.15, 0.2) is 0 Å². The van der Waals surface area contributed by atoms with Crippen LogP contribution in [0.25, 0.3) is 0 Å². The van der Waals surface area contributed by atoms with Crippen molar-refractivity contribution in [1.29, 1.82) is 0 Å². The number of hydrogen-bond acceptors (Lipinski definition) is 3. The molecule has 132 valence electrons. The third kappa shape index (κ3) is 4.26. The topological polar surface area (TPSA) is 45.2 Å². The van der Waals surface area contributed by atoms with Gasteiger partial charge in [-0.05, 0) is 29.0 Å². The van der Waals surface area contributed by atoms with Crippen LogP contribution in [-0.4, -0.2) is 35.4 Å². The van der Waals surface area contributed by atoms with E-state index in [1.165, 1.54) is 5.56 Å². The molecule has 2 aromatic rings. The molecule has 1 fully saturated rings. The van der Waals surface area contributed by atoms with Crippen molar-refractivity contribution in [2.24, 2.45) is 5.92 Å². The first kappa shape index (κ1) is 17.6. The van der Waals surface area contributed by atoms with Crippen molar-refractivity contribution in [3.8, 4) is 0 Å². The average molecular weight is 337 g/mol. The predicted octanol–water partition coefficient (Wildman–Crippen LogP) is 3.38. The number of piperazine rings is 1. The van der Waals surface area contributed by atoms with E-state index in [9.17, 15) is 4.79 Å². The van der Waals surface area contributed by atoms with Crippen LogP contribution in [0.2, 0.25) is 0 Å². The first-order valence-corrected chi connectivity index (χ1v) is 9.12. The van der Waals surface area contributed by atoms with E-state index >= 15 is 0 Å². The Labute approximate surface area is 150 Å². The van der Waals surface area contributed by atoms with Crippen molar-refractivity contribution in [3.05, 3.63) is 66.0 Å². The number of benzene rings is 1. The number of hydrogen-bond donors (Lipinski definition) is 1. The van der Waals surface area contributed by atoms with Crippen molar-refractivity contribution >= 4 is 5.91 Å². The Bertz CT molecular complexity index is 672. The van der Waals surface area contributed by atoms with Crippen LogP contribution in [0, 0.1) is 5.92 Å². The van der Waals surface area contributed by atoms with Gasteiger partial charge in [0, 0.05) is 38.4 Å². The summed E-state index contributed by atoms with van der Waals surface area (Å²) in [4.78, 5) is 19.4. The van der Waals surface area contributed by atoms with E-state index in [1.807, 2.05) is 23.2 Å². The van der Waals surface area contributed by atoms with Gasteiger partial charge in [0.1, 0.15) is 0 Å². The van der Waals surface area contributed by atoms with Gasteiger partial charge in [0.2, 0.25) is 5.91 Å². The van der Waals surface area contributed by atoms with Gasteiger partial charge in [0.05, 0.1) is 6.04 Å². The van der Waals surface area contributed by atoms with Gasteiger partial charge < -0.3 is 10.2 Å². The molecule has 4 nitrogen and oxygen atoms in total. The number of carbonyl (C=O) groups excluding carboxylic acids is 1. The second-order valence-electron chi connectivity index (χ2n) is 7.06. The van der Waals surface area contributed by atoms with Gasteiger partial charge in [-0.25, -0.2) is 0 Å². The summed E-state index contributed by atoms with van der Waals surface area (Å²) in [7, 11) is 0. The Morgan fingerprint density at radius 3 is 2.72 bits per heavy atom. The van der Waals surface area contributed by atoms with E-state index in [4.69, 9.17) is 0 Å². The highest BCUT2D eigenvalue weighted by Gasteiger charge is 2.30. The normalized spacial score (nSPS) is 19.0. The number of nitrogens with zero attached hydrogens (tertiary/aromatic N) is 2. The second-order valence-corrected chi connectivity index (χ2v) is 7.06. The fraction of sp³-hybridized carbons (Fsp3) is 0.429. The number of rotatable bonds is 5. The third-order valence-electron chi connectivity index (χ3n) is 5.06. The lowest BCUT2D eigenvalue weighted by molar-refractivity contribution is -0.135. The molecule has 4 heteroatoms. The molecule has 1 aromatic heterocycles. The van der Waals surface area contributed by atoms with Gasteiger partial charge in [0.25, 0.3) is 0 Å². The summed E-state index contributed by atoms with van der Waals surface area (Å²) < 4.78 is 0. The van der Waals surface area contributed by atoms with Gasteiger partial charge in [-0.1, -0.05) is 50.2 Å². The molecule has 0 aliphatic carbocycles. The van der Waals surface area contributed by atoms with Crippen molar-refractivity contribution in [2.45, 2.75) is 32.2 Å². The summed E-state index contributed by atoms with van der Waals surface area (Å²) in [5.41, 5.74) is 2.35. The molecular weight excluding hydrogens is 310 g/mol. The minimum atomic E-state index is 0.0681. The summed E-state index contributed by atoms with van der Waals surface area (Å²) >= 11 is 0. The van der Waals surface area contributed by atoms with Crippen LogP contribution in [-0.2, 0) is 4.79 Å². The molecule has 1 aliphatic heterocycles. The summed E-state index contributed by atoms with van der Waals surface area (Å²) in [6.45, 7) is 6.77. The van der Waals surface area contributed by atoms with E-state index in [2.05, 4.69) is 54.5 Å². The van der Waals surface area contributed by atoms with Gasteiger partial charge in [-0.2, -0.15) is 0 Å². The lowest BCUT2D eigenvalue weighted by Crippen LogP contribution is -2.49. The second kappa shape index (κ2) is 8.26. The zero-order valence-electron chi connectivity index (χ0n) is 15.1. The van der Waals surface area contributed by atoms with Crippen LogP contribution in [0.4, 0.5) is 0 Å². The van der Waals surface area contributed by atoms with Crippen molar-refractivity contribution < 1.29 is 4.79 Å². The molecule has 0 saturated carbocycles. The number of aromatic nitrogens is 1. The summed E-state index contributed by atoms with van der Waals surface area (Å²) in [6, 6.07) is 14.5. The van der Waals surface area contributed by atoms with Crippen molar-refractivity contribution in [2.75, 3.05) is 19.6 Å². The molecule has 0 spiro atoms. The highest BCUT2D eigenvalue weighted by molar-refractivity contribution is 5.78. The Morgan fingerprint density at radius 1 is 1.24 bits per heavy atom.